The summed E-state index contributed by atoms with van der Waals surface area (Å²) in [4.78, 5) is 22.1. The maximum Gasteiger partial charge on any atom is 0.311 e. The van der Waals surface area contributed by atoms with Crippen molar-refractivity contribution in [1.82, 2.24) is 14.9 Å². The number of hydrogen-bond acceptors (Lipinski definition) is 8. The number of rotatable bonds is 5. The largest absolute Gasteiger partial charge is 0.496 e. The fourth-order valence-electron chi connectivity index (χ4n) is 1.72. The highest BCUT2D eigenvalue weighted by Crippen LogP contribution is 2.33. The first-order valence-electron chi connectivity index (χ1n) is 6.09. The number of nitrogens with one attached hydrogen (secondary N) is 1. The van der Waals surface area contributed by atoms with Gasteiger partial charge in [-0.25, -0.2) is 0 Å². The molecule has 11 heteroatoms. The van der Waals surface area contributed by atoms with E-state index >= 15 is 0 Å². The zero-order chi connectivity index (χ0) is 17.0. The lowest BCUT2D eigenvalue weighted by atomic mass is 10.1. The Morgan fingerprint density at radius 3 is 2.65 bits per heavy atom. The van der Waals surface area contributed by atoms with Crippen molar-refractivity contribution in [1.29, 1.82) is 0 Å². The van der Waals surface area contributed by atoms with Crippen molar-refractivity contribution in [3.8, 4) is 11.5 Å². The van der Waals surface area contributed by atoms with Crippen molar-refractivity contribution < 1.29 is 14.4 Å². The summed E-state index contributed by atoms with van der Waals surface area (Å²) in [6.07, 6.45) is 2.22. The summed E-state index contributed by atoms with van der Waals surface area (Å²) in [5, 5.41) is 20.9. The van der Waals surface area contributed by atoms with Crippen LogP contribution >= 0.6 is 12.2 Å². The Labute approximate surface area is 134 Å². The normalized spacial score (nSPS) is 10.7. The van der Waals surface area contributed by atoms with E-state index in [1.54, 1.807) is 0 Å². The number of methoxy groups -OCH3 is 2. The molecule has 2 aromatic rings. The van der Waals surface area contributed by atoms with Crippen LogP contribution in [0.25, 0.3) is 0 Å². The van der Waals surface area contributed by atoms with Gasteiger partial charge in [-0.1, -0.05) is 0 Å². The molecule has 1 heterocycles. The molecule has 1 N–H and O–H groups in total. The molecule has 0 saturated carbocycles. The second-order valence-electron chi connectivity index (χ2n) is 4.09. The summed E-state index contributed by atoms with van der Waals surface area (Å²) in [6, 6.07) is 2.58. The third-order valence-electron chi connectivity index (χ3n) is 2.78. The second-order valence-corrected chi connectivity index (χ2v) is 4.48. The third-order valence-corrected chi connectivity index (χ3v) is 3.04. The lowest BCUT2D eigenvalue weighted by Crippen LogP contribution is -2.18. The number of nitro groups is 1. The number of benzene rings is 1. The van der Waals surface area contributed by atoms with E-state index in [9.17, 15) is 14.9 Å². The highest BCUT2D eigenvalue weighted by molar-refractivity contribution is 7.71. The quantitative estimate of drug-likeness (QED) is 0.375. The van der Waals surface area contributed by atoms with Crippen LogP contribution in [-0.2, 0) is 0 Å². The predicted molar refractivity (Wildman–Crippen MR) is 82.9 cm³/mol. The van der Waals surface area contributed by atoms with Gasteiger partial charge in [0.1, 0.15) is 11.9 Å². The number of hydrogen-bond donors (Lipinski definition) is 1. The van der Waals surface area contributed by atoms with Crippen LogP contribution in [0.1, 0.15) is 5.56 Å². The van der Waals surface area contributed by atoms with Crippen molar-refractivity contribution in [3.63, 3.8) is 0 Å². The van der Waals surface area contributed by atoms with E-state index in [4.69, 9.17) is 21.7 Å². The predicted octanol–water partition coefficient (Wildman–Crippen LogP) is 1.11. The average molecular weight is 337 g/mol. The second kappa shape index (κ2) is 6.79. The summed E-state index contributed by atoms with van der Waals surface area (Å²) in [7, 11) is 2.70. The van der Waals surface area contributed by atoms with E-state index in [0.29, 0.717) is 0 Å². The van der Waals surface area contributed by atoms with Crippen LogP contribution in [0.5, 0.6) is 11.5 Å². The highest BCUT2D eigenvalue weighted by Gasteiger charge is 2.18. The molecule has 0 aliphatic rings. The molecule has 0 aliphatic heterocycles. The molecule has 10 nitrogen and oxygen atoms in total. The van der Waals surface area contributed by atoms with Crippen LogP contribution in [0.15, 0.2) is 28.2 Å². The summed E-state index contributed by atoms with van der Waals surface area (Å²) < 4.78 is 11.0. The van der Waals surface area contributed by atoms with Crippen molar-refractivity contribution in [2.75, 3.05) is 14.2 Å². The van der Waals surface area contributed by atoms with Crippen LogP contribution in [0.4, 0.5) is 5.69 Å². The molecular weight excluding hydrogens is 326 g/mol. The molecule has 1 aromatic carbocycles. The van der Waals surface area contributed by atoms with Gasteiger partial charge in [-0.05, 0) is 12.2 Å². The Morgan fingerprint density at radius 1 is 1.39 bits per heavy atom. The molecule has 0 saturated heterocycles. The maximum absolute atomic E-state index is 11.6. The van der Waals surface area contributed by atoms with Gasteiger partial charge < -0.3 is 9.47 Å². The summed E-state index contributed by atoms with van der Waals surface area (Å²) in [5.41, 5.74) is -0.535. The topological polar surface area (TPSA) is 125 Å². The highest BCUT2D eigenvalue weighted by atomic mass is 32.1. The molecule has 0 aliphatic carbocycles. The van der Waals surface area contributed by atoms with Gasteiger partial charge >= 0.3 is 5.69 Å². The summed E-state index contributed by atoms with van der Waals surface area (Å²) in [6.45, 7) is 0. The monoisotopic (exact) mass is 337 g/mol. The molecule has 0 spiro atoms. The molecule has 0 unspecified atom stereocenters. The first kappa shape index (κ1) is 16.3. The van der Waals surface area contributed by atoms with Crippen LogP contribution in [0.2, 0.25) is 0 Å². The lowest BCUT2D eigenvalue weighted by Gasteiger charge is -2.08. The number of ether oxygens (including phenoxy) is 2. The van der Waals surface area contributed by atoms with Gasteiger partial charge in [0.15, 0.2) is 0 Å². The van der Waals surface area contributed by atoms with Crippen LogP contribution in [-0.4, -0.2) is 40.2 Å². The van der Waals surface area contributed by atoms with Gasteiger partial charge in [0, 0.05) is 17.7 Å². The Morgan fingerprint density at radius 2 is 2.09 bits per heavy atom. The molecule has 0 bridgehead atoms. The first-order chi connectivity index (χ1) is 11.0. The van der Waals surface area contributed by atoms with E-state index in [2.05, 4.69) is 15.3 Å². The average Bonchev–Trinajstić information content (AvgIpc) is 2.53. The first-order valence-corrected chi connectivity index (χ1v) is 6.50. The number of nitrogens with zero attached hydrogens (tertiary/aromatic N) is 4. The molecule has 1 aromatic heterocycles. The minimum Gasteiger partial charge on any atom is -0.496 e. The Kier molecular flexibility index (Phi) is 4.81. The molecule has 0 radical (unpaired) electrons. The lowest BCUT2D eigenvalue weighted by molar-refractivity contribution is -0.385. The summed E-state index contributed by atoms with van der Waals surface area (Å²) in [5.74, 6) is 0.329. The third kappa shape index (κ3) is 3.40. The number of H-pyrrole nitrogens is 1. The van der Waals surface area contributed by atoms with Crippen molar-refractivity contribution >= 4 is 24.1 Å². The Balaban J connectivity index is 2.57. The molecule has 0 fully saturated rings. The molecule has 23 heavy (non-hydrogen) atoms. The fraction of sp³-hybridized carbons (Fsp3) is 0.167. The Bertz CT molecular complexity index is 860. The van der Waals surface area contributed by atoms with E-state index in [1.165, 1.54) is 32.6 Å². The zero-order valence-corrected chi connectivity index (χ0v) is 12.9. The maximum atomic E-state index is 11.6. The molecule has 0 atom stereocenters. The number of aromatic nitrogens is 3. The minimum absolute atomic E-state index is 0.0178. The fourth-order valence-corrected chi connectivity index (χ4v) is 1.91. The van der Waals surface area contributed by atoms with E-state index < -0.39 is 10.5 Å². The van der Waals surface area contributed by atoms with Crippen molar-refractivity contribution in [2.45, 2.75) is 0 Å². The van der Waals surface area contributed by atoms with Crippen LogP contribution < -0.4 is 15.0 Å². The van der Waals surface area contributed by atoms with Gasteiger partial charge in [0.25, 0.3) is 5.56 Å². The summed E-state index contributed by atoms with van der Waals surface area (Å²) >= 11 is 4.89. The van der Waals surface area contributed by atoms with Gasteiger partial charge in [0.05, 0.1) is 25.4 Å². The zero-order valence-electron chi connectivity index (χ0n) is 12.0. The van der Waals surface area contributed by atoms with Gasteiger partial charge in [-0.15, -0.1) is 0 Å². The van der Waals surface area contributed by atoms with E-state index in [1.807, 2.05) is 0 Å². The smallest absolute Gasteiger partial charge is 0.311 e. The van der Waals surface area contributed by atoms with E-state index in [-0.39, 0.29) is 27.5 Å². The van der Waals surface area contributed by atoms with Crippen LogP contribution in [0, 0.1) is 14.9 Å². The van der Waals surface area contributed by atoms with Gasteiger partial charge in [0.2, 0.25) is 10.5 Å². The van der Waals surface area contributed by atoms with Crippen molar-refractivity contribution in [3.05, 3.63) is 49.1 Å². The molecule has 2 rings (SSSR count). The Hall–Kier alpha value is -3.08. The minimum atomic E-state index is -0.597. The standard InChI is InChI=1S/C12H11N5O5S/c1-21-9-4-10(22-2)8(17(19)20)3-7(9)5-14-16-11(18)6-13-15-12(16)23/h3-6H,1-2H3,(H,15,23)/b14-5-. The van der Waals surface area contributed by atoms with Crippen molar-refractivity contribution in [2.24, 2.45) is 5.10 Å². The number of nitro benzene ring substituents is 1. The molecule has 0 amide bonds. The van der Waals surface area contributed by atoms with Crippen LogP contribution in [0.3, 0.4) is 0 Å². The number of aromatic amines is 1. The molecule has 120 valence electrons. The van der Waals surface area contributed by atoms with Gasteiger partial charge in [-0.3, -0.25) is 20.0 Å². The van der Waals surface area contributed by atoms with Gasteiger partial charge in [-0.2, -0.15) is 14.9 Å². The SMILES string of the molecule is COc1cc(OC)c([N+](=O)[O-])cc1/C=N\n1c(=O)cn[nH]c1=S. The van der Waals surface area contributed by atoms with E-state index in [0.717, 1.165) is 10.9 Å². The molecular formula is C12H11N5O5S.